The topological polar surface area (TPSA) is 29.9 Å². The van der Waals surface area contributed by atoms with Crippen molar-refractivity contribution in [1.82, 2.24) is 15.1 Å². The Morgan fingerprint density at radius 2 is 2.40 bits per heavy atom. The van der Waals surface area contributed by atoms with Crippen LogP contribution in [0.5, 0.6) is 0 Å². The molecule has 0 spiro atoms. The molecule has 2 atom stereocenters. The zero-order valence-corrected chi connectivity index (χ0v) is 9.74. The first kappa shape index (κ1) is 10.7. The van der Waals surface area contributed by atoms with Crippen molar-refractivity contribution < 1.29 is 0 Å². The van der Waals surface area contributed by atoms with Crippen molar-refractivity contribution in [3.8, 4) is 0 Å². The van der Waals surface area contributed by atoms with Gasteiger partial charge in [-0.15, -0.1) is 0 Å². The van der Waals surface area contributed by atoms with E-state index in [4.69, 9.17) is 0 Å². The molecular weight excluding hydrogens is 186 g/mol. The molecule has 1 N–H and O–H groups in total. The molecule has 1 saturated carbocycles. The van der Waals surface area contributed by atoms with E-state index in [0.29, 0.717) is 0 Å². The zero-order valence-electron chi connectivity index (χ0n) is 9.74. The van der Waals surface area contributed by atoms with Crippen molar-refractivity contribution in [2.45, 2.75) is 44.6 Å². The molecule has 2 rings (SSSR count). The van der Waals surface area contributed by atoms with Gasteiger partial charge in [0, 0.05) is 19.3 Å². The number of nitrogens with one attached hydrogen (secondary N) is 1. The van der Waals surface area contributed by atoms with Crippen LogP contribution in [0.2, 0.25) is 0 Å². The molecule has 2 unspecified atom stereocenters. The van der Waals surface area contributed by atoms with Crippen LogP contribution < -0.4 is 5.32 Å². The average Bonchev–Trinajstić information content (AvgIpc) is 2.83. The average molecular weight is 207 g/mol. The van der Waals surface area contributed by atoms with E-state index in [0.717, 1.165) is 18.5 Å². The molecule has 1 aromatic rings. The van der Waals surface area contributed by atoms with Gasteiger partial charge in [-0.1, -0.05) is 6.92 Å². The highest BCUT2D eigenvalue weighted by Crippen LogP contribution is 2.33. The molecule has 0 aliphatic heterocycles. The third-order valence-corrected chi connectivity index (χ3v) is 3.31. The maximum absolute atomic E-state index is 4.24. The third-order valence-electron chi connectivity index (χ3n) is 3.31. The first-order chi connectivity index (χ1) is 7.29. The molecule has 3 heteroatoms. The second-order valence-electron chi connectivity index (χ2n) is 4.61. The molecule has 1 aromatic heterocycles. The van der Waals surface area contributed by atoms with E-state index in [2.05, 4.69) is 23.5 Å². The summed E-state index contributed by atoms with van der Waals surface area (Å²) < 4.78 is 1.90. The SMILES string of the molecule is CCCNC1CCC(c2cnn(C)c2)C1. The molecule has 3 nitrogen and oxygen atoms in total. The van der Waals surface area contributed by atoms with Crippen molar-refractivity contribution in [2.75, 3.05) is 6.54 Å². The van der Waals surface area contributed by atoms with Crippen LogP contribution in [0.3, 0.4) is 0 Å². The van der Waals surface area contributed by atoms with Gasteiger partial charge in [0.15, 0.2) is 0 Å². The Balaban J connectivity index is 1.87. The largest absolute Gasteiger partial charge is 0.314 e. The van der Waals surface area contributed by atoms with Gasteiger partial charge >= 0.3 is 0 Å². The van der Waals surface area contributed by atoms with Crippen LogP contribution in [-0.4, -0.2) is 22.4 Å². The van der Waals surface area contributed by atoms with Crippen molar-refractivity contribution in [3.63, 3.8) is 0 Å². The quantitative estimate of drug-likeness (QED) is 0.819. The van der Waals surface area contributed by atoms with Gasteiger partial charge in [0.25, 0.3) is 0 Å². The van der Waals surface area contributed by atoms with Crippen molar-refractivity contribution in [2.24, 2.45) is 7.05 Å². The normalized spacial score (nSPS) is 26.0. The van der Waals surface area contributed by atoms with Gasteiger partial charge in [0.2, 0.25) is 0 Å². The van der Waals surface area contributed by atoms with E-state index in [-0.39, 0.29) is 0 Å². The molecule has 0 bridgehead atoms. The summed E-state index contributed by atoms with van der Waals surface area (Å²) in [6.07, 6.45) is 9.33. The lowest BCUT2D eigenvalue weighted by atomic mass is 10.0. The van der Waals surface area contributed by atoms with Gasteiger partial charge in [0.1, 0.15) is 0 Å². The van der Waals surface area contributed by atoms with Crippen LogP contribution in [-0.2, 0) is 7.05 Å². The molecule has 0 aromatic carbocycles. The minimum atomic E-state index is 0.730. The highest BCUT2D eigenvalue weighted by atomic mass is 15.2. The summed E-state index contributed by atoms with van der Waals surface area (Å²) >= 11 is 0. The number of nitrogens with zero attached hydrogens (tertiary/aromatic N) is 2. The standard InChI is InChI=1S/C12H21N3/c1-3-6-13-12-5-4-10(7-12)11-8-14-15(2)9-11/h8-10,12-13H,3-7H2,1-2H3. The molecule has 84 valence electrons. The Labute approximate surface area is 91.9 Å². The summed E-state index contributed by atoms with van der Waals surface area (Å²) in [5.41, 5.74) is 1.42. The zero-order chi connectivity index (χ0) is 10.7. The lowest BCUT2D eigenvalue weighted by Crippen LogP contribution is -2.26. The second kappa shape index (κ2) is 4.79. The van der Waals surface area contributed by atoms with Crippen molar-refractivity contribution >= 4 is 0 Å². The summed E-state index contributed by atoms with van der Waals surface area (Å²) in [6, 6.07) is 0.732. The third kappa shape index (κ3) is 2.59. The Morgan fingerprint density at radius 3 is 3.07 bits per heavy atom. The predicted octanol–water partition coefficient (Wildman–Crippen LogP) is 2.06. The Morgan fingerprint density at radius 1 is 1.53 bits per heavy atom. The molecule has 1 heterocycles. The van der Waals surface area contributed by atoms with Crippen LogP contribution in [0.15, 0.2) is 12.4 Å². The number of aryl methyl sites for hydroxylation is 1. The second-order valence-corrected chi connectivity index (χ2v) is 4.61. The van der Waals surface area contributed by atoms with Crippen molar-refractivity contribution in [1.29, 1.82) is 0 Å². The predicted molar refractivity (Wildman–Crippen MR) is 61.9 cm³/mol. The number of rotatable bonds is 4. The lowest BCUT2D eigenvalue weighted by molar-refractivity contribution is 0.517. The Hall–Kier alpha value is -0.830. The summed E-state index contributed by atoms with van der Waals surface area (Å²) in [4.78, 5) is 0. The van der Waals surface area contributed by atoms with Crippen LogP contribution in [0.25, 0.3) is 0 Å². The maximum Gasteiger partial charge on any atom is 0.0524 e. The van der Waals surface area contributed by atoms with Gasteiger partial charge in [-0.05, 0) is 43.7 Å². The maximum atomic E-state index is 4.24. The molecule has 1 fully saturated rings. The first-order valence-electron chi connectivity index (χ1n) is 6.01. The van der Waals surface area contributed by atoms with E-state index in [9.17, 15) is 0 Å². The fourth-order valence-corrected chi connectivity index (χ4v) is 2.47. The van der Waals surface area contributed by atoms with E-state index in [1.807, 2.05) is 17.9 Å². The van der Waals surface area contributed by atoms with Crippen LogP contribution in [0.4, 0.5) is 0 Å². The lowest BCUT2D eigenvalue weighted by Gasteiger charge is -2.11. The van der Waals surface area contributed by atoms with Crippen LogP contribution >= 0.6 is 0 Å². The fraction of sp³-hybridized carbons (Fsp3) is 0.750. The molecule has 1 aliphatic carbocycles. The summed E-state index contributed by atoms with van der Waals surface area (Å²) in [6.45, 7) is 3.38. The van der Waals surface area contributed by atoms with Crippen LogP contribution in [0.1, 0.15) is 44.1 Å². The van der Waals surface area contributed by atoms with Gasteiger partial charge in [-0.25, -0.2) is 0 Å². The summed E-state index contributed by atoms with van der Waals surface area (Å²) in [5, 5.41) is 7.86. The first-order valence-corrected chi connectivity index (χ1v) is 6.01. The fourth-order valence-electron chi connectivity index (χ4n) is 2.47. The Bertz CT molecular complexity index is 306. The highest BCUT2D eigenvalue weighted by molar-refractivity contribution is 5.13. The Kier molecular flexibility index (Phi) is 3.41. The monoisotopic (exact) mass is 207 g/mol. The number of hydrogen-bond acceptors (Lipinski definition) is 2. The number of aromatic nitrogens is 2. The van der Waals surface area contributed by atoms with Gasteiger partial charge < -0.3 is 5.32 Å². The van der Waals surface area contributed by atoms with Gasteiger partial charge in [0.05, 0.1) is 6.20 Å². The van der Waals surface area contributed by atoms with Gasteiger partial charge in [-0.2, -0.15) is 5.10 Å². The summed E-state index contributed by atoms with van der Waals surface area (Å²) in [5.74, 6) is 0.730. The smallest absolute Gasteiger partial charge is 0.0524 e. The minimum absolute atomic E-state index is 0.730. The van der Waals surface area contributed by atoms with E-state index in [1.165, 1.54) is 31.2 Å². The number of hydrogen-bond donors (Lipinski definition) is 1. The highest BCUT2D eigenvalue weighted by Gasteiger charge is 2.25. The summed E-state index contributed by atoms with van der Waals surface area (Å²) in [7, 11) is 1.99. The molecule has 0 saturated heterocycles. The van der Waals surface area contributed by atoms with Crippen molar-refractivity contribution in [3.05, 3.63) is 18.0 Å². The van der Waals surface area contributed by atoms with E-state index < -0.39 is 0 Å². The minimum Gasteiger partial charge on any atom is -0.314 e. The van der Waals surface area contributed by atoms with E-state index in [1.54, 1.807) is 0 Å². The molecular formula is C12H21N3. The molecule has 0 amide bonds. The molecule has 15 heavy (non-hydrogen) atoms. The van der Waals surface area contributed by atoms with Crippen LogP contribution in [0, 0.1) is 0 Å². The molecule has 0 radical (unpaired) electrons. The molecule has 1 aliphatic rings. The van der Waals surface area contributed by atoms with Gasteiger partial charge in [-0.3, -0.25) is 4.68 Å². The van der Waals surface area contributed by atoms with E-state index >= 15 is 0 Å².